The number of alkyl halides is 3. The first-order valence-corrected chi connectivity index (χ1v) is 8.81. The highest BCUT2D eigenvalue weighted by Gasteiger charge is 2.32. The predicted octanol–water partition coefficient (Wildman–Crippen LogP) is 6.32. The monoisotopic (exact) mass is 444 g/mol. The Balaban J connectivity index is 2.06. The second kappa shape index (κ2) is 8.34. The molecule has 1 aromatic carbocycles. The van der Waals surface area contributed by atoms with Gasteiger partial charge in [0.15, 0.2) is 0 Å². The SMILES string of the molecule is FC(F)(F)c1cnc(C(=NNc2ccc(Cl)cc2Cl)c2cccnc2)c(Cl)c1. The number of halogens is 6. The topological polar surface area (TPSA) is 50.2 Å². The van der Waals surface area contributed by atoms with E-state index >= 15 is 0 Å². The lowest BCUT2D eigenvalue weighted by molar-refractivity contribution is -0.137. The Bertz CT molecular complexity index is 1020. The van der Waals surface area contributed by atoms with Gasteiger partial charge in [-0.1, -0.05) is 34.8 Å². The number of hydrogen-bond donors (Lipinski definition) is 1. The van der Waals surface area contributed by atoms with Gasteiger partial charge in [0.2, 0.25) is 0 Å². The summed E-state index contributed by atoms with van der Waals surface area (Å²) < 4.78 is 38.7. The maximum atomic E-state index is 12.9. The first kappa shape index (κ1) is 20.4. The van der Waals surface area contributed by atoms with Gasteiger partial charge < -0.3 is 0 Å². The number of rotatable bonds is 4. The Morgan fingerprint density at radius 1 is 1.00 bits per heavy atom. The van der Waals surface area contributed by atoms with E-state index in [1.54, 1.807) is 30.5 Å². The first-order valence-electron chi connectivity index (χ1n) is 7.68. The Morgan fingerprint density at radius 3 is 2.39 bits per heavy atom. The van der Waals surface area contributed by atoms with Crippen molar-refractivity contribution in [3.8, 4) is 0 Å². The minimum Gasteiger partial charge on any atom is -0.276 e. The van der Waals surface area contributed by atoms with Gasteiger partial charge in [0.05, 0.1) is 21.3 Å². The van der Waals surface area contributed by atoms with Crippen molar-refractivity contribution in [1.82, 2.24) is 9.97 Å². The van der Waals surface area contributed by atoms with Crippen LogP contribution in [-0.2, 0) is 6.18 Å². The molecule has 0 amide bonds. The zero-order valence-electron chi connectivity index (χ0n) is 13.8. The number of nitrogens with zero attached hydrogens (tertiary/aromatic N) is 3. The van der Waals surface area contributed by atoms with Gasteiger partial charge in [0.25, 0.3) is 0 Å². The van der Waals surface area contributed by atoms with Crippen LogP contribution in [0.25, 0.3) is 0 Å². The molecule has 0 aliphatic rings. The highest BCUT2D eigenvalue weighted by atomic mass is 35.5. The molecule has 0 unspecified atom stereocenters. The number of hydrogen-bond acceptors (Lipinski definition) is 4. The molecule has 0 spiro atoms. The molecule has 2 aromatic heterocycles. The molecule has 0 saturated carbocycles. The van der Waals surface area contributed by atoms with Gasteiger partial charge in [-0.15, -0.1) is 0 Å². The molecule has 2 heterocycles. The van der Waals surface area contributed by atoms with Gasteiger partial charge in [0, 0.05) is 29.2 Å². The lowest BCUT2D eigenvalue weighted by atomic mass is 10.1. The highest BCUT2D eigenvalue weighted by Crippen LogP contribution is 2.32. The fourth-order valence-corrected chi connectivity index (χ4v) is 2.93. The van der Waals surface area contributed by atoms with E-state index in [9.17, 15) is 13.2 Å². The zero-order valence-corrected chi connectivity index (χ0v) is 16.1. The molecule has 0 fully saturated rings. The van der Waals surface area contributed by atoms with Gasteiger partial charge in [-0.3, -0.25) is 15.4 Å². The summed E-state index contributed by atoms with van der Waals surface area (Å²) in [4.78, 5) is 7.86. The molecular formula is C18H10Cl3F3N4. The highest BCUT2D eigenvalue weighted by molar-refractivity contribution is 6.36. The molecule has 0 atom stereocenters. The summed E-state index contributed by atoms with van der Waals surface area (Å²) in [6.45, 7) is 0. The zero-order chi connectivity index (χ0) is 20.3. The second-order valence-corrected chi connectivity index (χ2v) is 6.74. The third-order valence-corrected chi connectivity index (χ3v) is 4.38. The number of benzene rings is 1. The van der Waals surface area contributed by atoms with Gasteiger partial charge in [-0.25, -0.2) is 0 Å². The third-order valence-electron chi connectivity index (χ3n) is 3.55. The first-order chi connectivity index (χ1) is 13.3. The van der Waals surface area contributed by atoms with Crippen LogP contribution in [0.2, 0.25) is 15.1 Å². The Kier molecular flexibility index (Phi) is 6.07. The molecule has 10 heteroatoms. The standard InChI is InChI=1S/C18H10Cl3F3N4/c19-12-3-4-15(13(20)7-12)27-28-16(10-2-1-5-25-8-10)17-14(21)6-11(9-26-17)18(22,23)24/h1-9,27H. The maximum absolute atomic E-state index is 12.9. The van der Waals surface area contributed by atoms with Crippen molar-refractivity contribution >= 4 is 46.2 Å². The van der Waals surface area contributed by atoms with Crippen LogP contribution in [0.4, 0.5) is 18.9 Å². The number of anilines is 1. The van der Waals surface area contributed by atoms with E-state index in [1.807, 2.05) is 0 Å². The van der Waals surface area contributed by atoms with Crippen LogP contribution < -0.4 is 5.43 Å². The Morgan fingerprint density at radius 2 is 1.79 bits per heavy atom. The van der Waals surface area contributed by atoms with E-state index in [0.29, 0.717) is 27.5 Å². The minimum absolute atomic E-state index is 0.0558. The lowest BCUT2D eigenvalue weighted by Gasteiger charge is -2.12. The van der Waals surface area contributed by atoms with Crippen molar-refractivity contribution in [3.05, 3.63) is 86.9 Å². The summed E-state index contributed by atoms with van der Waals surface area (Å²) in [5, 5.41) is 4.80. The molecular weight excluding hydrogens is 436 g/mol. The average Bonchev–Trinajstić information content (AvgIpc) is 2.64. The summed E-state index contributed by atoms with van der Waals surface area (Å²) in [6.07, 6.45) is -0.829. The molecule has 28 heavy (non-hydrogen) atoms. The number of nitrogens with one attached hydrogen (secondary N) is 1. The fraction of sp³-hybridized carbons (Fsp3) is 0.0556. The summed E-state index contributed by atoms with van der Waals surface area (Å²) in [5.41, 5.74) is 2.98. The summed E-state index contributed by atoms with van der Waals surface area (Å²) in [7, 11) is 0. The lowest BCUT2D eigenvalue weighted by Crippen LogP contribution is -2.12. The van der Waals surface area contributed by atoms with Gasteiger partial charge in [0.1, 0.15) is 11.4 Å². The summed E-state index contributed by atoms with van der Waals surface area (Å²) >= 11 is 18.1. The van der Waals surface area contributed by atoms with Crippen molar-refractivity contribution in [3.63, 3.8) is 0 Å². The maximum Gasteiger partial charge on any atom is 0.417 e. The van der Waals surface area contributed by atoms with Crippen molar-refractivity contribution in [1.29, 1.82) is 0 Å². The fourth-order valence-electron chi connectivity index (χ4n) is 2.22. The molecule has 0 radical (unpaired) electrons. The van der Waals surface area contributed by atoms with Gasteiger partial charge in [-0.2, -0.15) is 18.3 Å². The molecule has 0 bridgehead atoms. The van der Waals surface area contributed by atoms with Crippen LogP contribution in [0.15, 0.2) is 60.1 Å². The molecule has 0 saturated heterocycles. The molecule has 144 valence electrons. The van der Waals surface area contributed by atoms with Crippen molar-refractivity contribution in [2.75, 3.05) is 5.43 Å². The van der Waals surface area contributed by atoms with Crippen LogP contribution in [-0.4, -0.2) is 15.7 Å². The predicted molar refractivity (Wildman–Crippen MR) is 104 cm³/mol. The van der Waals surface area contributed by atoms with E-state index in [1.165, 1.54) is 12.3 Å². The second-order valence-electron chi connectivity index (χ2n) is 5.49. The van der Waals surface area contributed by atoms with Crippen LogP contribution in [0.5, 0.6) is 0 Å². The minimum atomic E-state index is -4.56. The Labute approximate surface area is 173 Å². The molecule has 3 aromatic rings. The van der Waals surface area contributed by atoms with Crippen LogP contribution in [0.1, 0.15) is 16.8 Å². The summed E-state index contributed by atoms with van der Waals surface area (Å²) in [5.74, 6) is 0. The largest absolute Gasteiger partial charge is 0.417 e. The van der Waals surface area contributed by atoms with Crippen molar-refractivity contribution in [2.45, 2.75) is 6.18 Å². The van der Waals surface area contributed by atoms with Crippen LogP contribution in [0, 0.1) is 0 Å². The van der Waals surface area contributed by atoms with Gasteiger partial charge in [-0.05, 0) is 36.4 Å². The summed E-state index contributed by atoms with van der Waals surface area (Å²) in [6, 6.07) is 8.86. The van der Waals surface area contributed by atoms with E-state index < -0.39 is 11.7 Å². The quantitative estimate of drug-likeness (QED) is 0.378. The van der Waals surface area contributed by atoms with E-state index in [4.69, 9.17) is 34.8 Å². The van der Waals surface area contributed by atoms with Gasteiger partial charge >= 0.3 is 6.18 Å². The molecule has 3 rings (SSSR count). The van der Waals surface area contributed by atoms with Crippen molar-refractivity contribution < 1.29 is 13.2 Å². The Hall–Kier alpha value is -2.35. The number of aromatic nitrogens is 2. The van der Waals surface area contributed by atoms with Crippen molar-refractivity contribution in [2.24, 2.45) is 5.10 Å². The average molecular weight is 446 g/mol. The van der Waals surface area contributed by atoms with Crippen LogP contribution in [0.3, 0.4) is 0 Å². The molecule has 0 aliphatic heterocycles. The molecule has 0 aliphatic carbocycles. The number of hydrazone groups is 1. The van der Waals surface area contributed by atoms with E-state index in [0.717, 1.165) is 6.07 Å². The van der Waals surface area contributed by atoms with Crippen LogP contribution >= 0.6 is 34.8 Å². The normalized spacial score (nSPS) is 12.1. The molecule has 1 N–H and O–H groups in total. The third kappa shape index (κ3) is 4.73. The van der Waals surface area contributed by atoms with E-state index in [-0.39, 0.29) is 16.4 Å². The number of pyridine rings is 2. The smallest absolute Gasteiger partial charge is 0.276 e. The van der Waals surface area contributed by atoms with E-state index in [2.05, 4.69) is 20.5 Å². The molecule has 4 nitrogen and oxygen atoms in total.